The highest BCUT2D eigenvalue weighted by Crippen LogP contribution is 2.15. The van der Waals surface area contributed by atoms with Crippen LogP contribution < -0.4 is 21.3 Å². The van der Waals surface area contributed by atoms with E-state index >= 15 is 0 Å². The molecule has 0 atom stereocenters. The highest BCUT2D eigenvalue weighted by atomic mass is 16.5. The first-order chi connectivity index (χ1) is 38.0. The van der Waals surface area contributed by atoms with Gasteiger partial charge in [-0.25, -0.2) is 0 Å². The molecule has 2 fully saturated rings. The summed E-state index contributed by atoms with van der Waals surface area (Å²) in [5.41, 5.74) is 0. The number of unbranched alkanes of at least 4 members (excludes halogenated alkanes) is 33. The van der Waals surface area contributed by atoms with E-state index in [1.54, 1.807) is 0 Å². The number of amides is 3. The Bertz CT molecular complexity index is 1190. The van der Waals surface area contributed by atoms with E-state index in [1.165, 1.54) is 212 Å². The SMILES string of the molecule is CCCCCCCCCCCCCCNC(=O)CCN(CCCN1CCOCC1)CCC(=O)NCCCCCCCCCCCCCC.CCCCCCCCCCCCCCNC(=O)CCNCCCN1CCOCC1. The van der Waals surface area contributed by atoms with Gasteiger partial charge in [-0.15, -0.1) is 0 Å². The van der Waals surface area contributed by atoms with Crippen molar-refractivity contribution in [1.82, 2.24) is 36.0 Å². The van der Waals surface area contributed by atoms with Gasteiger partial charge in [0.25, 0.3) is 0 Å². The lowest BCUT2D eigenvalue weighted by Gasteiger charge is -2.28. The quantitative estimate of drug-likeness (QED) is 0.0440. The zero-order valence-corrected chi connectivity index (χ0v) is 51.6. The predicted octanol–water partition coefficient (Wildman–Crippen LogP) is 13.9. The van der Waals surface area contributed by atoms with E-state index in [1.807, 2.05) is 0 Å². The summed E-state index contributed by atoms with van der Waals surface area (Å²) in [6.07, 6.45) is 52.0. The predicted molar refractivity (Wildman–Crippen MR) is 329 cm³/mol. The van der Waals surface area contributed by atoms with Crippen molar-refractivity contribution in [1.29, 1.82) is 0 Å². The molecule has 0 aromatic carbocycles. The van der Waals surface area contributed by atoms with Crippen molar-refractivity contribution in [3.8, 4) is 0 Å². The van der Waals surface area contributed by atoms with Crippen LogP contribution in [0.1, 0.15) is 284 Å². The van der Waals surface area contributed by atoms with Crippen LogP contribution in [0.4, 0.5) is 0 Å². The first-order valence-corrected chi connectivity index (χ1v) is 33.8. The molecule has 2 rings (SSSR count). The van der Waals surface area contributed by atoms with Gasteiger partial charge in [0.15, 0.2) is 0 Å². The zero-order chi connectivity index (χ0) is 55.4. The molecule has 0 aromatic rings. The van der Waals surface area contributed by atoms with Gasteiger partial charge in [-0.3, -0.25) is 24.2 Å². The maximum Gasteiger partial charge on any atom is 0.221 e. The van der Waals surface area contributed by atoms with E-state index in [4.69, 9.17) is 9.47 Å². The fourth-order valence-corrected chi connectivity index (χ4v) is 10.6. The molecule has 0 aromatic heterocycles. The largest absolute Gasteiger partial charge is 0.379 e. The molecule has 2 aliphatic rings. The van der Waals surface area contributed by atoms with Crippen molar-refractivity contribution in [2.75, 3.05) is 118 Å². The van der Waals surface area contributed by atoms with Crippen LogP contribution in [-0.2, 0) is 23.9 Å². The van der Waals surface area contributed by atoms with Gasteiger partial charge in [0.1, 0.15) is 0 Å². The maximum absolute atomic E-state index is 12.6. The van der Waals surface area contributed by atoms with Crippen molar-refractivity contribution < 1.29 is 23.9 Å². The Balaban J connectivity index is 0.000000870. The lowest BCUT2D eigenvalue weighted by Crippen LogP contribution is -2.39. The average molecular weight is 1090 g/mol. The van der Waals surface area contributed by atoms with E-state index < -0.39 is 0 Å². The van der Waals surface area contributed by atoms with E-state index in [9.17, 15) is 14.4 Å². The standard InChI is InChI=1S/C41H82N4O3.C24H49N3O2/c1-3-5-7-9-11-13-15-17-19-21-23-25-30-42-40(46)28-34-44(32-27-33-45-36-38-48-39-37-45)35-29-41(47)43-31-26-24-22-20-18-16-14-12-10-8-6-4-2;1-2-3-4-5-6-7-8-9-10-11-12-13-17-26-24(28)15-18-25-16-14-19-27-20-22-29-23-21-27/h3-39H2,1-2H3,(H,42,46)(H,43,47);25H,2-23H2,1H3,(H,26,28). The van der Waals surface area contributed by atoms with Crippen molar-refractivity contribution in [2.24, 2.45) is 0 Å². The van der Waals surface area contributed by atoms with Crippen LogP contribution in [0, 0.1) is 0 Å². The van der Waals surface area contributed by atoms with Crippen molar-refractivity contribution in [3.63, 3.8) is 0 Å². The number of nitrogens with zero attached hydrogens (tertiary/aromatic N) is 3. The second-order valence-corrected chi connectivity index (χ2v) is 23.2. The van der Waals surface area contributed by atoms with E-state index in [2.05, 4.69) is 56.7 Å². The number of carbonyl (C=O) groups excluding carboxylic acids is 3. The first kappa shape index (κ1) is 73.2. The fourth-order valence-electron chi connectivity index (χ4n) is 10.6. The van der Waals surface area contributed by atoms with Gasteiger partial charge in [0.05, 0.1) is 26.4 Å². The third kappa shape index (κ3) is 54.5. The first-order valence-electron chi connectivity index (χ1n) is 33.8. The summed E-state index contributed by atoms with van der Waals surface area (Å²) in [6, 6.07) is 0. The lowest BCUT2D eigenvalue weighted by atomic mass is 10.1. The van der Waals surface area contributed by atoms with Crippen molar-refractivity contribution in [3.05, 3.63) is 0 Å². The molecule has 2 saturated heterocycles. The Hall–Kier alpha value is -1.83. The molecule has 12 heteroatoms. The number of carbonyl (C=O) groups is 3. The summed E-state index contributed by atoms with van der Waals surface area (Å²) < 4.78 is 10.8. The summed E-state index contributed by atoms with van der Waals surface area (Å²) >= 11 is 0. The Labute approximate surface area is 477 Å². The summed E-state index contributed by atoms with van der Waals surface area (Å²) in [4.78, 5) is 44.3. The van der Waals surface area contributed by atoms with E-state index in [0.717, 1.165) is 150 Å². The minimum Gasteiger partial charge on any atom is -0.379 e. The summed E-state index contributed by atoms with van der Waals surface area (Å²) in [7, 11) is 0. The fraction of sp³-hybridized carbons (Fsp3) is 0.954. The molecule has 2 heterocycles. The molecule has 0 spiro atoms. The van der Waals surface area contributed by atoms with Crippen LogP contribution >= 0.6 is 0 Å². The third-order valence-corrected chi connectivity index (χ3v) is 15.9. The minimum atomic E-state index is 0.146. The number of hydrogen-bond acceptors (Lipinski definition) is 9. The topological polar surface area (TPSA) is 128 Å². The molecule has 2 aliphatic heterocycles. The lowest BCUT2D eigenvalue weighted by molar-refractivity contribution is -0.122. The maximum atomic E-state index is 12.6. The summed E-state index contributed by atoms with van der Waals surface area (Å²) in [6.45, 7) is 23.1. The molecular weight excluding hydrogens is 959 g/mol. The Morgan fingerprint density at radius 1 is 0.325 bits per heavy atom. The minimum absolute atomic E-state index is 0.146. The van der Waals surface area contributed by atoms with Gasteiger partial charge in [-0.2, -0.15) is 0 Å². The Morgan fingerprint density at radius 2 is 0.610 bits per heavy atom. The highest BCUT2D eigenvalue weighted by molar-refractivity contribution is 5.77. The molecular formula is C65H131N7O5. The molecule has 0 saturated carbocycles. The number of hydrogen-bond donors (Lipinski definition) is 4. The van der Waals surface area contributed by atoms with Gasteiger partial charge in [-0.05, 0) is 58.3 Å². The van der Waals surface area contributed by atoms with Crippen LogP contribution in [0.25, 0.3) is 0 Å². The average Bonchev–Trinajstić information content (AvgIpc) is 3.44. The van der Waals surface area contributed by atoms with Crippen molar-refractivity contribution in [2.45, 2.75) is 284 Å². The normalized spacial score (nSPS) is 14.2. The third-order valence-electron chi connectivity index (χ3n) is 15.9. The number of rotatable bonds is 56. The number of morpholine rings is 2. The van der Waals surface area contributed by atoms with Gasteiger partial charge >= 0.3 is 0 Å². The van der Waals surface area contributed by atoms with Gasteiger partial charge in [-0.1, -0.05) is 233 Å². The van der Waals surface area contributed by atoms with Crippen LogP contribution in [0.3, 0.4) is 0 Å². The van der Waals surface area contributed by atoms with Gasteiger partial charge in [0.2, 0.25) is 17.7 Å². The van der Waals surface area contributed by atoms with Crippen LogP contribution in [0.2, 0.25) is 0 Å². The summed E-state index contributed by atoms with van der Waals surface area (Å²) in [5, 5.41) is 12.7. The summed E-state index contributed by atoms with van der Waals surface area (Å²) in [5.74, 6) is 0.481. The molecule has 456 valence electrons. The Morgan fingerprint density at radius 3 is 0.935 bits per heavy atom. The molecule has 0 bridgehead atoms. The molecule has 77 heavy (non-hydrogen) atoms. The monoisotopic (exact) mass is 1090 g/mol. The number of ether oxygens (including phenoxy) is 2. The number of nitrogens with one attached hydrogen (secondary N) is 4. The molecule has 3 amide bonds. The van der Waals surface area contributed by atoms with Crippen LogP contribution in [0.15, 0.2) is 0 Å². The molecule has 0 unspecified atom stereocenters. The van der Waals surface area contributed by atoms with E-state index in [-0.39, 0.29) is 17.7 Å². The Kier molecular flexibility index (Phi) is 57.3. The molecule has 0 aliphatic carbocycles. The van der Waals surface area contributed by atoms with E-state index in [0.29, 0.717) is 19.3 Å². The van der Waals surface area contributed by atoms with Crippen LogP contribution in [-0.4, -0.2) is 150 Å². The second-order valence-electron chi connectivity index (χ2n) is 23.2. The molecule has 4 N–H and O–H groups in total. The second kappa shape index (κ2) is 60.3. The smallest absolute Gasteiger partial charge is 0.221 e. The van der Waals surface area contributed by atoms with Gasteiger partial charge in [0, 0.05) is 84.7 Å². The highest BCUT2D eigenvalue weighted by Gasteiger charge is 2.14. The van der Waals surface area contributed by atoms with Crippen LogP contribution in [0.5, 0.6) is 0 Å². The van der Waals surface area contributed by atoms with Crippen molar-refractivity contribution >= 4 is 17.7 Å². The zero-order valence-electron chi connectivity index (χ0n) is 51.6. The van der Waals surface area contributed by atoms with Gasteiger partial charge < -0.3 is 35.6 Å². The molecule has 0 radical (unpaired) electrons. The molecule has 12 nitrogen and oxygen atoms in total.